The van der Waals surface area contributed by atoms with E-state index in [4.69, 9.17) is 0 Å². The predicted octanol–water partition coefficient (Wildman–Crippen LogP) is 8.56. The molecule has 0 amide bonds. The van der Waals surface area contributed by atoms with Crippen molar-refractivity contribution in [2.75, 3.05) is 0 Å². The van der Waals surface area contributed by atoms with Crippen molar-refractivity contribution in [2.45, 2.75) is 0 Å². The molecule has 0 saturated carbocycles. The molecule has 0 nitrogen and oxygen atoms in total. The Morgan fingerprint density at radius 3 is 1.70 bits per heavy atom. The first kappa shape index (κ1) is 16.0. The van der Waals surface area contributed by atoms with Crippen LogP contribution >= 0.6 is 0 Å². The van der Waals surface area contributed by atoms with E-state index in [-0.39, 0.29) is 0 Å². The van der Waals surface area contributed by atoms with Gasteiger partial charge in [-0.2, -0.15) is 0 Å². The SMILES string of the molecule is c1ccc2cc3cc(-c4ccc5ccc6cccc7ccc4c5c67)ccc3cc2c1. The van der Waals surface area contributed by atoms with Crippen LogP contribution in [0.3, 0.4) is 0 Å². The van der Waals surface area contributed by atoms with E-state index in [1.165, 1.54) is 65.0 Å². The summed E-state index contributed by atoms with van der Waals surface area (Å²) in [4.78, 5) is 0. The maximum absolute atomic E-state index is 2.34. The highest BCUT2D eigenvalue weighted by Gasteiger charge is 2.12. The van der Waals surface area contributed by atoms with E-state index in [1.807, 2.05) is 0 Å². The van der Waals surface area contributed by atoms with Gasteiger partial charge in [0.2, 0.25) is 0 Å². The molecule has 138 valence electrons. The smallest absolute Gasteiger partial charge is 0.00206 e. The highest BCUT2D eigenvalue weighted by atomic mass is 14.2. The van der Waals surface area contributed by atoms with Gasteiger partial charge in [0.05, 0.1) is 0 Å². The normalized spacial score (nSPS) is 12.0. The third kappa shape index (κ3) is 2.16. The summed E-state index contributed by atoms with van der Waals surface area (Å²) in [5.74, 6) is 0. The highest BCUT2D eigenvalue weighted by Crippen LogP contribution is 2.39. The number of hydrogen-bond acceptors (Lipinski definition) is 0. The third-order valence-electron chi connectivity index (χ3n) is 6.54. The van der Waals surface area contributed by atoms with Gasteiger partial charge < -0.3 is 0 Å². The van der Waals surface area contributed by atoms with Gasteiger partial charge in [0.1, 0.15) is 0 Å². The second-order valence-electron chi connectivity index (χ2n) is 8.23. The van der Waals surface area contributed by atoms with E-state index in [0.29, 0.717) is 0 Å². The van der Waals surface area contributed by atoms with Gasteiger partial charge in [-0.05, 0) is 83.2 Å². The number of rotatable bonds is 1. The summed E-state index contributed by atoms with van der Waals surface area (Å²) >= 11 is 0. The summed E-state index contributed by atoms with van der Waals surface area (Å²) in [7, 11) is 0. The average Bonchev–Trinajstić information content (AvgIpc) is 2.81. The van der Waals surface area contributed by atoms with Gasteiger partial charge in [-0.25, -0.2) is 0 Å². The van der Waals surface area contributed by atoms with E-state index in [9.17, 15) is 0 Å². The van der Waals surface area contributed by atoms with E-state index < -0.39 is 0 Å². The zero-order valence-corrected chi connectivity index (χ0v) is 16.4. The van der Waals surface area contributed by atoms with Gasteiger partial charge >= 0.3 is 0 Å². The molecule has 0 unspecified atom stereocenters. The maximum atomic E-state index is 2.34. The van der Waals surface area contributed by atoms with E-state index >= 15 is 0 Å². The standard InChI is InChI=1S/C30H18/c1-2-5-23-17-26-18-25(11-10-24(26)16-22(23)4-1)27-14-12-21-9-8-19-6-3-7-20-13-15-28(27)30(21)29(19)20/h1-18H. The van der Waals surface area contributed by atoms with Crippen molar-refractivity contribution >= 4 is 53.9 Å². The molecule has 0 atom stereocenters. The van der Waals surface area contributed by atoms with Gasteiger partial charge in [-0.1, -0.05) is 91.0 Å². The monoisotopic (exact) mass is 378 g/mol. The van der Waals surface area contributed by atoms with Crippen LogP contribution in [0.4, 0.5) is 0 Å². The molecule has 0 heteroatoms. The molecular weight excluding hydrogens is 360 g/mol. The molecule has 0 fully saturated rings. The Morgan fingerprint density at radius 1 is 0.333 bits per heavy atom. The van der Waals surface area contributed by atoms with Crippen LogP contribution in [-0.4, -0.2) is 0 Å². The molecule has 0 aliphatic rings. The molecule has 7 aromatic carbocycles. The minimum atomic E-state index is 1.27. The Hall–Kier alpha value is -3.90. The van der Waals surface area contributed by atoms with Gasteiger partial charge in [-0.15, -0.1) is 0 Å². The lowest BCUT2D eigenvalue weighted by Gasteiger charge is -2.14. The van der Waals surface area contributed by atoms with Crippen molar-refractivity contribution in [2.24, 2.45) is 0 Å². The van der Waals surface area contributed by atoms with Crippen LogP contribution < -0.4 is 0 Å². The summed E-state index contributed by atoms with van der Waals surface area (Å²) in [5, 5.41) is 13.2. The van der Waals surface area contributed by atoms with Crippen LogP contribution in [0.25, 0.3) is 65.0 Å². The Labute approximate surface area is 174 Å². The zero-order valence-electron chi connectivity index (χ0n) is 16.4. The first-order chi connectivity index (χ1) is 14.8. The first-order valence-electron chi connectivity index (χ1n) is 10.4. The summed E-state index contributed by atoms with van der Waals surface area (Å²) in [6.07, 6.45) is 0. The van der Waals surface area contributed by atoms with Crippen LogP contribution in [0.2, 0.25) is 0 Å². The summed E-state index contributed by atoms with van der Waals surface area (Å²) in [5.41, 5.74) is 2.58. The Kier molecular flexibility index (Phi) is 3.09. The summed E-state index contributed by atoms with van der Waals surface area (Å²) in [6, 6.07) is 40.2. The van der Waals surface area contributed by atoms with Gasteiger partial charge in [-0.3, -0.25) is 0 Å². The molecule has 0 aliphatic heterocycles. The molecule has 30 heavy (non-hydrogen) atoms. The van der Waals surface area contributed by atoms with Crippen LogP contribution in [0, 0.1) is 0 Å². The highest BCUT2D eigenvalue weighted by molar-refractivity contribution is 6.25. The molecule has 0 aliphatic carbocycles. The van der Waals surface area contributed by atoms with E-state index in [0.717, 1.165) is 0 Å². The van der Waals surface area contributed by atoms with Crippen molar-refractivity contribution in [1.29, 1.82) is 0 Å². The van der Waals surface area contributed by atoms with Crippen molar-refractivity contribution < 1.29 is 0 Å². The molecule has 7 aromatic rings. The van der Waals surface area contributed by atoms with E-state index in [2.05, 4.69) is 109 Å². The molecule has 0 bridgehead atoms. The van der Waals surface area contributed by atoms with Crippen molar-refractivity contribution in [1.82, 2.24) is 0 Å². The second kappa shape index (κ2) is 5.81. The lowest BCUT2D eigenvalue weighted by Crippen LogP contribution is -1.87. The minimum absolute atomic E-state index is 1.27. The molecular formula is C30H18. The van der Waals surface area contributed by atoms with Gasteiger partial charge in [0.25, 0.3) is 0 Å². The van der Waals surface area contributed by atoms with Crippen molar-refractivity contribution in [3.05, 3.63) is 109 Å². The lowest BCUT2D eigenvalue weighted by molar-refractivity contribution is 1.70. The molecule has 0 radical (unpaired) electrons. The van der Waals surface area contributed by atoms with Crippen LogP contribution in [-0.2, 0) is 0 Å². The molecule has 0 saturated heterocycles. The van der Waals surface area contributed by atoms with Crippen molar-refractivity contribution in [3.8, 4) is 11.1 Å². The fraction of sp³-hybridized carbons (Fsp3) is 0. The first-order valence-corrected chi connectivity index (χ1v) is 10.4. The molecule has 0 aromatic heterocycles. The molecule has 0 N–H and O–H groups in total. The quantitative estimate of drug-likeness (QED) is 0.198. The zero-order chi connectivity index (χ0) is 19.7. The number of fused-ring (bicyclic) bond motifs is 2. The van der Waals surface area contributed by atoms with Crippen LogP contribution in [0.5, 0.6) is 0 Å². The fourth-order valence-corrected chi connectivity index (χ4v) is 5.09. The second-order valence-corrected chi connectivity index (χ2v) is 8.23. The Morgan fingerprint density at radius 2 is 0.900 bits per heavy atom. The van der Waals surface area contributed by atoms with Gasteiger partial charge in [0.15, 0.2) is 0 Å². The van der Waals surface area contributed by atoms with Crippen LogP contribution in [0.1, 0.15) is 0 Å². The maximum Gasteiger partial charge on any atom is -0.00206 e. The Bertz CT molecular complexity index is 1720. The number of benzene rings is 7. The average molecular weight is 378 g/mol. The molecule has 0 heterocycles. The van der Waals surface area contributed by atoms with Crippen LogP contribution in [0.15, 0.2) is 109 Å². The molecule has 7 rings (SSSR count). The summed E-state index contributed by atoms with van der Waals surface area (Å²) < 4.78 is 0. The number of hydrogen-bond donors (Lipinski definition) is 0. The molecule has 0 spiro atoms. The fourth-order valence-electron chi connectivity index (χ4n) is 5.09. The predicted molar refractivity (Wildman–Crippen MR) is 131 cm³/mol. The van der Waals surface area contributed by atoms with Crippen molar-refractivity contribution in [3.63, 3.8) is 0 Å². The topological polar surface area (TPSA) is 0 Å². The van der Waals surface area contributed by atoms with Gasteiger partial charge in [0, 0.05) is 0 Å². The Balaban J connectivity index is 1.55. The third-order valence-corrected chi connectivity index (χ3v) is 6.54. The van der Waals surface area contributed by atoms with E-state index in [1.54, 1.807) is 0 Å². The largest absolute Gasteiger partial charge is 0.0616 e. The lowest BCUT2D eigenvalue weighted by atomic mass is 9.89. The minimum Gasteiger partial charge on any atom is -0.0616 e. The summed E-state index contributed by atoms with van der Waals surface area (Å²) in [6.45, 7) is 0.